The third-order valence-electron chi connectivity index (χ3n) is 4.71. The summed E-state index contributed by atoms with van der Waals surface area (Å²) < 4.78 is 39.7. The molecule has 2 aromatic rings. The van der Waals surface area contributed by atoms with E-state index in [0.717, 1.165) is 0 Å². The molecule has 0 saturated heterocycles. The summed E-state index contributed by atoms with van der Waals surface area (Å²) in [6, 6.07) is 16.5. The number of esters is 1. The first-order chi connectivity index (χ1) is 16.7. The van der Waals surface area contributed by atoms with Crippen LogP contribution in [0.4, 0.5) is 4.79 Å². The van der Waals surface area contributed by atoms with Gasteiger partial charge in [0.25, 0.3) is 0 Å². The van der Waals surface area contributed by atoms with Crippen LogP contribution in [0.3, 0.4) is 0 Å². The average Bonchev–Trinajstić information content (AvgIpc) is 2.82. The summed E-state index contributed by atoms with van der Waals surface area (Å²) in [6.07, 6.45) is -1.89. The number of carbonyl (C=O) groups excluding carboxylic acids is 2. The van der Waals surface area contributed by atoms with E-state index in [9.17, 15) is 18.9 Å². The second kappa shape index (κ2) is 14.0. The van der Waals surface area contributed by atoms with Crippen LogP contribution in [0, 0.1) is 5.92 Å². The quantitative estimate of drug-likeness (QED) is 0.204. The number of ether oxygens (including phenoxy) is 3. The van der Waals surface area contributed by atoms with Gasteiger partial charge in [0.2, 0.25) is 6.79 Å². The normalized spacial score (nSPS) is 12.6. The van der Waals surface area contributed by atoms with Gasteiger partial charge in [-0.15, -0.1) is 0 Å². The van der Waals surface area contributed by atoms with Crippen molar-refractivity contribution in [2.24, 2.45) is 5.92 Å². The van der Waals surface area contributed by atoms with E-state index in [-0.39, 0.29) is 24.0 Å². The molecule has 2 atom stereocenters. The standard InChI is InChI=1S/C24H29O10P/c1-3-18(2)32-24(28)31-17-30-23(27)19(14-15-22(25)26)16-35(29,33-20-10-6-4-7-11-20)34-21-12-8-5-9-13-21/h4-13,18-19H,3,14-17H2,1-2H3,(H,25,26). The number of carboxylic acid groups (broad SMARTS) is 1. The number of aliphatic carboxylic acids is 1. The lowest BCUT2D eigenvalue weighted by molar-refractivity contribution is -0.158. The van der Waals surface area contributed by atoms with Crippen molar-refractivity contribution >= 4 is 25.7 Å². The van der Waals surface area contributed by atoms with Crippen molar-refractivity contribution in [3.63, 3.8) is 0 Å². The predicted molar refractivity (Wildman–Crippen MR) is 125 cm³/mol. The van der Waals surface area contributed by atoms with Gasteiger partial charge in [-0.05, 0) is 44.0 Å². The molecule has 0 radical (unpaired) electrons. The zero-order valence-corrected chi connectivity index (χ0v) is 20.4. The topological polar surface area (TPSA) is 135 Å². The van der Waals surface area contributed by atoms with Crippen LogP contribution in [0.2, 0.25) is 0 Å². The predicted octanol–water partition coefficient (Wildman–Crippen LogP) is 5.27. The third kappa shape index (κ3) is 10.5. The smallest absolute Gasteiger partial charge is 0.481 e. The first kappa shape index (κ1) is 27.7. The molecule has 0 aromatic heterocycles. The molecule has 11 heteroatoms. The Morgan fingerprint density at radius 2 is 1.46 bits per heavy atom. The highest BCUT2D eigenvalue weighted by Gasteiger charge is 2.37. The van der Waals surface area contributed by atoms with Gasteiger partial charge in [-0.25, -0.2) is 9.36 Å². The van der Waals surface area contributed by atoms with E-state index in [0.29, 0.717) is 6.42 Å². The summed E-state index contributed by atoms with van der Waals surface area (Å²) in [6.45, 7) is 2.74. The minimum absolute atomic E-state index is 0.203. The van der Waals surface area contributed by atoms with Crippen LogP contribution in [-0.2, 0) is 28.4 Å². The fraction of sp³-hybridized carbons (Fsp3) is 0.375. The number of hydrogen-bond donors (Lipinski definition) is 1. The van der Waals surface area contributed by atoms with Crippen molar-refractivity contribution in [3.05, 3.63) is 60.7 Å². The van der Waals surface area contributed by atoms with Gasteiger partial charge in [-0.1, -0.05) is 43.3 Å². The minimum atomic E-state index is -4.03. The second-order valence-electron chi connectivity index (χ2n) is 7.54. The van der Waals surface area contributed by atoms with E-state index in [4.69, 9.17) is 28.4 Å². The van der Waals surface area contributed by atoms with E-state index in [2.05, 4.69) is 0 Å². The average molecular weight is 508 g/mol. The van der Waals surface area contributed by atoms with Crippen molar-refractivity contribution in [2.75, 3.05) is 13.0 Å². The van der Waals surface area contributed by atoms with Crippen LogP contribution in [0.15, 0.2) is 60.7 Å². The minimum Gasteiger partial charge on any atom is -0.481 e. The maximum atomic E-state index is 13.7. The van der Waals surface area contributed by atoms with E-state index in [1.165, 1.54) is 0 Å². The third-order valence-corrected chi connectivity index (χ3v) is 6.58. The Labute approximate surface area is 203 Å². The van der Waals surface area contributed by atoms with E-state index >= 15 is 0 Å². The Morgan fingerprint density at radius 1 is 0.914 bits per heavy atom. The molecule has 10 nitrogen and oxygen atoms in total. The van der Waals surface area contributed by atoms with Crippen molar-refractivity contribution in [3.8, 4) is 11.5 Å². The zero-order valence-electron chi connectivity index (χ0n) is 19.5. The summed E-state index contributed by atoms with van der Waals surface area (Å²) in [5.74, 6) is -2.77. The summed E-state index contributed by atoms with van der Waals surface area (Å²) in [7, 11) is -4.03. The van der Waals surface area contributed by atoms with Gasteiger partial charge in [0, 0.05) is 6.42 Å². The van der Waals surface area contributed by atoms with Crippen molar-refractivity contribution < 1.29 is 47.3 Å². The molecule has 0 amide bonds. The summed E-state index contributed by atoms with van der Waals surface area (Å²) >= 11 is 0. The summed E-state index contributed by atoms with van der Waals surface area (Å²) in [4.78, 5) is 35.5. The van der Waals surface area contributed by atoms with Gasteiger partial charge in [-0.2, -0.15) is 0 Å². The molecular formula is C24H29O10P. The lowest BCUT2D eigenvalue weighted by Gasteiger charge is -2.23. The van der Waals surface area contributed by atoms with Crippen molar-refractivity contribution in [1.29, 1.82) is 0 Å². The number of benzene rings is 2. The van der Waals surface area contributed by atoms with Crippen LogP contribution in [0.5, 0.6) is 11.5 Å². The lowest BCUT2D eigenvalue weighted by Crippen LogP contribution is -2.26. The SMILES string of the molecule is CCC(C)OC(=O)OCOC(=O)C(CCC(=O)O)CP(=O)(Oc1ccccc1)Oc1ccccc1. The molecule has 2 rings (SSSR count). The van der Waals surface area contributed by atoms with Gasteiger partial charge >= 0.3 is 25.7 Å². The number of rotatable bonds is 14. The molecule has 190 valence electrons. The Balaban J connectivity index is 2.15. The van der Waals surface area contributed by atoms with Gasteiger partial charge < -0.3 is 28.4 Å². The van der Waals surface area contributed by atoms with Crippen molar-refractivity contribution in [1.82, 2.24) is 0 Å². The molecule has 0 aliphatic rings. The molecule has 2 unspecified atom stereocenters. The first-order valence-electron chi connectivity index (χ1n) is 11.0. The van der Waals surface area contributed by atoms with Crippen molar-refractivity contribution in [2.45, 2.75) is 39.2 Å². The number of carboxylic acids is 1. The fourth-order valence-electron chi connectivity index (χ4n) is 2.76. The van der Waals surface area contributed by atoms with Gasteiger partial charge in [0.1, 0.15) is 17.6 Å². The summed E-state index contributed by atoms with van der Waals surface area (Å²) in [5.41, 5.74) is 0. The highest BCUT2D eigenvalue weighted by molar-refractivity contribution is 7.54. The highest BCUT2D eigenvalue weighted by Crippen LogP contribution is 2.50. The molecule has 0 aliphatic carbocycles. The Kier molecular flexibility index (Phi) is 11.1. The monoisotopic (exact) mass is 508 g/mol. The molecule has 0 aliphatic heterocycles. The zero-order chi connectivity index (χ0) is 25.7. The van der Waals surface area contributed by atoms with E-state index in [1.807, 2.05) is 6.92 Å². The Bertz CT molecular complexity index is 950. The van der Waals surface area contributed by atoms with Crippen LogP contribution in [0.25, 0.3) is 0 Å². The Hall–Kier alpha value is -3.52. The molecule has 0 heterocycles. The molecule has 0 saturated carbocycles. The lowest BCUT2D eigenvalue weighted by atomic mass is 10.1. The van der Waals surface area contributed by atoms with Crippen LogP contribution >= 0.6 is 7.60 Å². The first-order valence-corrected chi connectivity index (χ1v) is 12.7. The Morgan fingerprint density at radius 3 is 1.94 bits per heavy atom. The van der Waals surface area contributed by atoms with Gasteiger partial charge in [-0.3, -0.25) is 9.59 Å². The molecule has 2 aromatic carbocycles. The molecule has 0 spiro atoms. The van der Waals surface area contributed by atoms with Crippen LogP contribution < -0.4 is 9.05 Å². The maximum absolute atomic E-state index is 13.7. The molecular weight excluding hydrogens is 479 g/mol. The number of para-hydroxylation sites is 2. The van der Waals surface area contributed by atoms with Gasteiger partial charge in [0.15, 0.2) is 0 Å². The summed E-state index contributed by atoms with van der Waals surface area (Å²) in [5, 5.41) is 9.10. The molecule has 0 fully saturated rings. The molecule has 0 bridgehead atoms. The van der Waals surface area contributed by atoms with E-state index in [1.54, 1.807) is 67.6 Å². The molecule has 35 heavy (non-hydrogen) atoms. The van der Waals surface area contributed by atoms with Crippen LogP contribution in [0.1, 0.15) is 33.1 Å². The highest BCUT2D eigenvalue weighted by atomic mass is 31.2. The largest absolute Gasteiger partial charge is 0.511 e. The van der Waals surface area contributed by atoms with Gasteiger partial charge in [0.05, 0.1) is 12.1 Å². The molecule has 1 N–H and O–H groups in total. The number of hydrogen-bond acceptors (Lipinski definition) is 9. The fourth-order valence-corrected chi connectivity index (χ4v) is 4.71. The number of carbonyl (C=O) groups is 3. The maximum Gasteiger partial charge on any atom is 0.511 e. The van der Waals surface area contributed by atoms with E-state index < -0.39 is 51.0 Å². The second-order valence-corrected chi connectivity index (χ2v) is 9.50. The van der Waals surface area contributed by atoms with Crippen LogP contribution in [-0.4, -0.2) is 42.3 Å².